The van der Waals surface area contributed by atoms with Gasteiger partial charge < -0.3 is 20.7 Å². The van der Waals surface area contributed by atoms with Gasteiger partial charge in [-0.1, -0.05) is 6.58 Å². The Kier molecular flexibility index (Phi) is 2.97. The van der Waals surface area contributed by atoms with Gasteiger partial charge in [0.25, 0.3) is 0 Å². The van der Waals surface area contributed by atoms with Gasteiger partial charge in [0, 0.05) is 6.20 Å². The summed E-state index contributed by atoms with van der Waals surface area (Å²) in [7, 11) is 0. The minimum Gasteiger partial charge on any atom is -0.393 e. The van der Waals surface area contributed by atoms with E-state index < -0.39 is 24.1 Å². The minimum absolute atomic E-state index is 0.0938. The van der Waals surface area contributed by atoms with Crippen molar-refractivity contribution < 1.29 is 14.9 Å². The fourth-order valence-electron chi connectivity index (χ4n) is 1.70. The number of nitrogen functional groups attached to an aromatic ring is 1. The molecule has 7 heteroatoms. The van der Waals surface area contributed by atoms with Crippen molar-refractivity contribution >= 4 is 5.82 Å². The van der Waals surface area contributed by atoms with E-state index in [4.69, 9.17) is 15.6 Å². The lowest BCUT2D eigenvalue weighted by atomic mass is 10.1. The van der Waals surface area contributed by atoms with Crippen molar-refractivity contribution in [2.24, 2.45) is 0 Å². The Bertz CT molecular complexity index is 499. The lowest BCUT2D eigenvalue weighted by Gasteiger charge is -2.16. The molecule has 1 fully saturated rings. The summed E-state index contributed by atoms with van der Waals surface area (Å²) in [6.07, 6.45) is -1.29. The van der Waals surface area contributed by atoms with Crippen molar-refractivity contribution in [3.8, 4) is 0 Å². The number of aliphatic hydroxyl groups excluding tert-OH is 2. The quantitative estimate of drug-likeness (QED) is 0.549. The van der Waals surface area contributed by atoms with Crippen LogP contribution in [0.25, 0.3) is 0 Å². The van der Waals surface area contributed by atoms with Crippen LogP contribution in [0.4, 0.5) is 5.82 Å². The molecule has 1 aliphatic heterocycles. The summed E-state index contributed by atoms with van der Waals surface area (Å²) < 4.78 is 6.44. The van der Waals surface area contributed by atoms with Crippen LogP contribution in [0.1, 0.15) is 6.23 Å². The van der Waals surface area contributed by atoms with Gasteiger partial charge in [-0.05, 0) is 11.6 Å². The van der Waals surface area contributed by atoms with E-state index in [1.807, 2.05) is 0 Å². The predicted octanol–water partition coefficient (Wildman–Crippen LogP) is -1.37. The Labute approximate surface area is 96.8 Å². The monoisotopic (exact) mass is 239 g/mol. The van der Waals surface area contributed by atoms with Crippen molar-refractivity contribution in [2.45, 2.75) is 18.4 Å². The minimum atomic E-state index is -1.06. The molecule has 0 saturated carbocycles. The van der Waals surface area contributed by atoms with Crippen LogP contribution in [0.5, 0.6) is 0 Å². The first-order valence-electron chi connectivity index (χ1n) is 5.02. The molecule has 3 atom stereocenters. The van der Waals surface area contributed by atoms with Gasteiger partial charge in [-0.2, -0.15) is 4.98 Å². The molecule has 7 nitrogen and oxygen atoms in total. The number of hydrogen-bond acceptors (Lipinski definition) is 6. The third kappa shape index (κ3) is 1.95. The highest BCUT2D eigenvalue weighted by atomic mass is 16.5. The number of anilines is 1. The normalized spacial score (nSPS) is 28.6. The fourth-order valence-corrected chi connectivity index (χ4v) is 1.70. The molecule has 0 bridgehead atoms. The largest absolute Gasteiger partial charge is 0.393 e. The summed E-state index contributed by atoms with van der Waals surface area (Å²) in [5, 5.41) is 18.9. The molecule has 0 amide bonds. The van der Waals surface area contributed by atoms with E-state index in [1.165, 1.54) is 12.3 Å². The van der Waals surface area contributed by atoms with Crippen LogP contribution in [-0.2, 0) is 4.74 Å². The van der Waals surface area contributed by atoms with Gasteiger partial charge in [0.1, 0.15) is 18.0 Å². The van der Waals surface area contributed by atoms with Crippen LogP contribution >= 0.6 is 0 Å². The van der Waals surface area contributed by atoms with E-state index in [9.17, 15) is 9.90 Å². The molecular weight excluding hydrogens is 226 g/mol. The molecule has 1 saturated heterocycles. The third-order valence-corrected chi connectivity index (χ3v) is 2.66. The molecule has 1 aromatic rings. The summed E-state index contributed by atoms with van der Waals surface area (Å²) >= 11 is 0. The second kappa shape index (κ2) is 4.28. The zero-order chi connectivity index (χ0) is 12.6. The molecule has 92 valence electrons. The van der Waals surface area contributed by atoms with Crippen LogP contribution in [-0.4, -0.2) is 38.6 Å². The second-order valence-electron chi connectivity index (χ2n) is 3.76. The van der Waals surface area contributed by atoms with Crippen LogP contribution in [0.15, 0.2) is 29.2 Å². The maximum Gasteiger partial charge on any atom is 0.351 e. The van der Waals surface area contributed by atoms with Crippen LogP contribution in [0, 0.1) is 0 Å². The third-order valence-electron chi connectivity index (χ3n) is 2.66. The van der Waals surface area contributed by atoms with Gasteiger partial charge in [0.15, 0.2) is 6.23 Å². The summed E-state index contributed by atoms with van der Waals surface area (Å²) in [6, 6.07) is 1.42. The lowest BCUT2D eigenvalue weighted by molar-refractivity contribution is -0.0526. The first kappa shape index (κ1) is 11.8. The number of rotatable bonds is 2. The maximum absolute atomic E-state index is 11.6. The number of hydrogen-bond donors (Lipinski definition) is 3. The Balaban J connectivity index is 2.35. The summed E-state index contributed by atoms with van der Waals surface area (Å²) in [6.45, 7) is 3.31. The smallest absolute Gasteiger partial charge is 0.351 e. The summed E-state index contributed by atoms with van der Waals surface area (Å²) in [5.41, 5.74) is 5.07. The van der Waals surface area contributed by atoms with Crippen molar-refractivity contribution in [1.82, 2.24) is 9.55 Å². The van der Waals surface area contributed by atoms with Crippen molar-refractivity contribution in [3.63, 3.8) is 0 Å². The Morgan fingerprint density at radius 3 is 2.88 bits per heavy atom. The lowest BCUT2D eigenvalue weighted by Crippen LogP contribution is -2.32. The molecule has 1 aromatic heterocycles. The molecular formula is C10H13N3O4. The SMILES string of the molecule is C=C1[C@@H](O)[C@H](n2ccc(N)nc2=O)O[C@@H]1CO. The van der Waals surface area contributed by atoms with Gasteiger partial charge in [-0.15, -0.1) is 0 Å². The van der Waals surface area contributed by atoms with Gasteiger partial charge in [-0.3, -0.25) is 4.57 Å². The van der Waals surface area contributed by atoms with Crippen molar-refractivity contribution in [2.75, 3.05) is 12.3 Å². The van der Waals surface area contributed by atoms with E-state index in [2.05, 4.69) is 11.6 Å². The second-order valence-corrected chi connectivity index (χ2v) is 3.76. The number of ether oxygens (including phenoxy) is 1. The molecule has 2 heterocycles. The molecule has 0 spiro atoms. The summed E-state index contributed by atoms with van der Waals surface area (Å²) in [5.74, 6) is 0.0938. The van der Waals surface area contributed by atoms with Gasteiger partial charge >= 0.3 is 5.69 Å². The van der Waals surface area contributed by atoms with Crippen LogP contribution in [0.2, 0.25) is 0 Å². The highest BCUT2D eigenvalue weighted by molar-refractivity contribution is 5.24. The molecule has 1 aliphatic rings. The number of nitrogens with zero attached hydrogens (tertiary/aromatic N) is 2. The molecule has 17 heavy (non-hydrogen) atoms. The molecule has 0 unspecified atom stereocenters. The predicted molar refractivity (Wildman–Crippen MR) is 59.1 cm³/mol. The Hall–Kier alpha value is -1.70. The summed E-state index contributed by atoms with van der Waals surface area (Å²) in [4.78, 5) is 15.1. The fraction of sp³-hybridized carbons (Fsp3) is 0.400. The molecule has 2 rings (SSSR count). The van der Waals surface area contributed by atoms with E-state index in [-0.39, 0.29) is 12.4 Å². The number of nitrogens with two attached hydrogens (primary N) is 1. The Morgan fingerprint density at radius 2 is 2.35 bits per heavy atom. The maximum atomic E-state index is 11.6. The molecule has 0 aromatic carbocycles. The highest BCUT2D eigenvalue weighted by Gasteiger charge is 2.38. The first-order chi connectivity index (χ1) is 8.04. The molecule has 4 N–H and O–H groups in total. The highest BCUT2D eigenvalue weighted by Crippen LogP contribution is 2.31. The first-order valence-corrected chi connectivity index (χ1v) is 5.02. The van der Waals surface area contributed by atoms with E-state index >= 15 is 0 Å². The van der Waals surface area contributed by atoms with E-state index in [0.29, 0.717) is 5.57 Å². The average molecular weight is 239 g/mol. The topological polar surface area (TPSA) is 111 Å². The van der Waals surface area contributed by atoms with Crippen molar-refractivity contribution in [3.05, 3.63) is 34.9 Å². The molecule has 0 aliphatic carbocycles. The van der Waals surface area contributed by atoms with Crippen LogP contribution < -0.4 is 11.4 Å². The zero-order valence-electron chi connectivity index (χ0n) is 8.98. The number of aliphatic hydroxyl groups is 2. The van der Waals surface area contributed by atoms with E-state index in [0.717, 1.165) is 4.57 Å². The Morgan fingerprint density at radius 1 is 1.65 bits per heavy atom. The van der Waals surface area contributed by atoms with Gasteiger partial charge in [0.2, 0.25) is 0 Å². The van der Waals surface area contributed by atoms with Crippen molar-refractivity contribution in [1.29, 1.82) is 0 Å². The standard InChI is InChI=1S/C10H13N3O4/c1-5-6(4-14)17-9(8(5)15)13-3-2-7(11)12-10(13)16/h2-3,6,8-9,14-15H,1,4H2,(H2,11,12,16)/t6-,8-,9-/m1/s1. The molecule has 0 radical (unpaired) electrons. The number of aromatic nitrogens is 2. The average Bonchev–Trinajstić information content (AvgIpc) is 2.57. The van der Waals surface area contributed by atoms with E-state index in [1.54, 1.807) is 0 Å². The van der Waals surface area contributed by atoms with Gasteiger partial charge in [0.05, 0.1) is 6.61 Å². The van der Waals surface area contributed by atoms with Gasteiger partial charge in [-0.25, -0.2) is 4.79 Å². The zero-order valence-corrected chi connectivity index (χ0v) is 8.98. The van der Waals surface area contributed by atoms with Crippen LogP contribution in [0.3, 0.4) is 0 Å².